The van der Waals surface area contributed by atoms with Crippen molar-refractivity contribution >= 4 is 51.4 Å². The van der Waals surface area contributed by atoms with Crippen LogP contribution in [0.3, 0.4) is 0 Å². The predicted octanol–water partition coefficient (Wildman–Crippen LogP) is 15.5. The van der Waals surface area contributed by atoms with E-state index in [0.717, 1.165) is 17.8 Å². The van der Waals surface area contributed by atoms with Crippen LogP contribution in [0.5, 0.6) is 0 Å². The molecule has 0 fully saturated rings. The molecule has 2 heterocycles. The Balaban J connectivity index is 1.15. The summed E-state index contributed by atoms with van der Waals surface area (Å²) in [5.74, 6) is 0. The van der Waals surface area contributed by atoms with Crippen LogP contribution in [0.2, 0.25) is 0 Å². The van der Waals surface area contributed by atoms with E-state index in [4.69, 9.17) is 0 Å². The third-order valence-electron chi connectivity index (χ3n) is 15.6. The quantitative estimate of drug-likeness (QED) is 0.119. The summed E-state index contributed by atoms with van der Waals surface area (Å²) in [4.78, 5) is 0. The fraction of sp³-hybridized carbons (Fsp3) is 0.238. The number of rotatable bonds is 8. The number of nitrogens with one attached hydrogen (secondary N) is 1. The number of hydrogen-bond acceptors (Lipinski definition) is 1. The molecular formula is C63H58BN2. The zero-order valence-electron chi connectivity index (χ0n) is 39.8. The molecule has 1 aromatic heterocycles. The van der Waals surface area contributed by atoms with Crippen LogP contribution < -0.4 is 16.2 Å². The second-order valence-electron chi connectivity index (χ2n) is 21.5. The van der Waals surface area contributed by atoms with E-state index >= 15 is 0 Å². The largest absolute Gasteiger partial charge is 0.355 e. The van der Waals surface area contributed by atoms with Gasteiger partial charge in [-0.05, 0) is 145 Å². The standard InChI is InChI=1S/C63H58BN2/c1-9-10-11-18-38-25-29-41(30-26-38)65-55-24-17-14-21-45(55)48-35-46(39-27-31-44-42-19-12-15-22-50(42)62(5,6)52(44)33-39)58-49-34-40(61(2,3)4)28-32-56(49)66-57-36-47-43-20-13-16-23-51(43)63(7,8)53(47)37-54(57)64-59(48)60(58)66/h12-17,19-37,65H,9-11,18H2,1-8H3. The number of anilines is 2. The molecule has 12 rings (SSSR count). The van der Waals surface area contributed by atoms with E-state index in [1.54, 1.807) is 0 Å². The Hall–Kier alpha value is -6.58. The predicted molar refractivity (Wildman–Crippen MR) is 283 cm³/mol. The van der Waals surface area contributed by atoms with Gasteiger partial charge in [0.25, 0.3) is 0 Å². The molecule has 8 aromatic carbocycles. The fourth-order valence-electron chi connectivity index (χ4n) is 12.0. The maximum Gasteiger partial charge on any atom is 0.197 e. The van der Waals surface area contributed by atoms with Crippen molar-refractivity contribution in [2.75, 3.05) is 5.32 Å². The van der Waals surface area contributed by atoms with Gasteiger partial charge in [-0.15, -0.1) is 0 Å². The van der Waals surface area contributed by atoms with Crippen molar-refractivity contribution in [3.05, 3.63) is 185 Å². The van der Waals surface area contributed by atoms with Crippen LogP contribution in [0, 0.1) is 0 Å². The van der Waals surface area contributed by atoms with E-state index in [9.17, 15) is 0 Å². The summed E-state index contributed by atoms with van der Waals surface area (Å²) < 4.78 is 2.63. The molecule has 3 aliphatic rings. The van der Waals surface area contributed by atoms with Crippen molar-refractivity contribution in [1.82, 2.24) is 4.57 Å². The van der Waals surface area contributed by atoms with Gasteiger partial charge in [-0.25, -0.2) is 0 Å². The number of para-hydroxylation sites is 1. The Morgan fingerprint density at radius 3 is 1.92 bits per heavy atom. The Labute approximate surface area is 392 Å². The highest BCUT2D eigenvalue weighted by Crippen LogP contribution is 2.53. The molecule has 1 N–H and O–H groups in total. The van der Waals surface area contributed by atoms with Gasteiger partial charge in [-0.2, -0.15) is 0 Å². The average Bonchev–Trinajstić information content (AvgIpc) is 3.86. The smallest absolute Gasteiger partial charge is 0.197 e. The van der Waals surface area contributed by atoms with Crippen molar-refractivity contribution in [1.29, 1.82) is 0 Å². The Morgan fingerprint density at radius 2 is 1.21 bits per heavy atom. The third kappa shape index (κ3) is 6.08. The molecule has 0 saturated carbocycles. The molecule has 9 aromatic rings. The molecule has 0 saturated heterocycles. The minimum absolute atomic E-state index is 0.0203. The van der Waals surface area contributed by atoms with Crippen molar-refractivity contribution in [2.45, 2.75) is 97.3 Å². The molecule has 0 amide bonds. The molecule has 2 aliphatic carbocycles. The van der Waals surface area contributed by atoms with Gasteiger partial charge in [0.05, 0.1) is 5.52 Å². The SMILES string of the molecule is CCCCCc1ccc(Nc2ccccc2-c2cc(-c3ccc4c(c3)C(C)(C)c3ccccc3-4)c3c4cc(C(C)(C)C)ccc4n4c3c2[B]c2cc3c(cc2-4)-c2ccccc2C3(C)C)cc1. The number of unbranched alkanes of at least 4 members (excludes halogenated alkanes) is 2. The Morgan fingerprint density at radius 1 is 0.561 bits per heavy atom. The lowest BCUT2D eigenvalue weighted by molar-refractivity contribution is 0.591. The second kappa shape index (κ2) is 14.7. The Bertz CT molecular complexity index is 3460. The van der Waals surface area contributed by atoms with Gasteiger partial charge in [0.1, 0.15) is 0 Å². The van der Waals surface area contributed by atoms with Gasteiger partial charge in [0, 0.05) is 49.7 Å². The van der Waals surface area contributed by atoms with Crippen LogP contribution in [-0.2, 0) is 22.7 Å². The highest BCUT2D eigenvalue weighted by Gasteiger charge is 2.39. The van der Waals surface area contributed by atoms with Crippen molar-refractivity contribution in [3.63, 3.8) is 0 Å². The number of benzene rings is 8. The topological polar surface area (TPSA) is 17.0 Å². The molecule has 0 unspecified atom stereocenters. The van der Waals surface area contributed by atoms with Crippen LogP contribution in [0.1, 0.15) is 108 Å². The first-order chi connectivity index (χ1) is 31.8. The summed E-state index contributed by atoms with van der Waals surface area (Å²) in [5, 5.41) is 6.53. The average molecular weight is 854 g/mol. The maximum absolute atomic E-state index is 3.92. The summed E-state index contributed by atoms with van der Waals surface area (Å²) in [6.45, 7) is 18.9. The highest BCUT2D eigenvalue weighted by molar-refractivity contribution is 6.73. The first-order valence-electron chi connectivity index (χ1n) is 24.3. The number of fused-ring (bicyclic) bond motifs is 11. The number of hydrogen-bond donors (Lipinski definition) is 1. The van der Waals surface area contributed by atoms with Crippen LogP contribution in [0.15, 0.2) is 152 Å². The molecule has 0 atom stereocenters. The van der Waals surface area contributed by atoms with Gasteiger partial charge in [-0.1, -0.05) is 177 Å². The molecular weight excluding hydrogens is 796 g/mol. The molecule has 0 spiro atoms. The second-order valence-corrected chi connectivity index (χ2v) is 21.5. The zero-order valence-corrected chi connectivity index (χ0v) is 39.8. The minimum atomic E-state index is -0.123. The first-order valence-corrected chi connectivity index (χ1v) is 24.3. The van der Waals surface area contributed by atoms with E-state index in [2.05, 4.69) is 224 Å². The summed E-state index contributed by atoms with van der Waals surface area (Å²) in [6, 6.07) is 58.3. The van der Waals surface area contributed by atoms with Gasteiger partial charge in [-0.3, -0.25) is 0 Å². The molecule has 2 nitrogen and oxygen atoms in total. The zero-order chi connectivity index (χ0) is 45.3. The fourth-order valence-corrected chi connectivity index (χ4v) is 12.0. The lowest BCUT2D eigenvalue weighted by Crippen LogP contribution is -2.38. The monoisotopic (exact) mass is 853 g/mol. The van der Waals surface area contributed by atoms with Crippen molar-refractivity contribution in [3.8, 4) is 50.2 Å². The number of aromatic nitrogens is 1. The van der Waals surface area contributed by atoms with Gasteiger partial charge in [0.15, 0.2) is 7.28 Å². The minimum Gasteiger partial charge on any atom is -0.355 e. The van der Waals surface area contributed by atoms with Gasteiger partial charge < -0.3 is 9.88 Å². The summed E-state index contributed by atoms with van der Waals surface area (Å²) in [6.07, 6.45) is 4.86. The highest BCUT2D eigenvalue weighted by atomic mass is 15.0. The summed E-state index contributed by atoms with van der Waals surface area (Å²) in [5.41, 5.74) is 26.9. The summed E-state index contributed by atoms with van der Waals surface area (Å²) in [7, 11) is 2.52. The third-order valence-corrected chi connectivity index (χ3v) is 15.6. The van der Waals surface area contributed by atoms with Crippen LogP contribution in [0.4, 0.5) is 11.4 Å². The van der Waals surface area contributed by atoms with E-state index in [1.807, 2.05) is 0 Å². The molecule has 323 valence electrons. The lowest BCUT2D eigenvalue weighted by atomic mass is 9.58. The first kappa shape index (κ1) is 40.9. The van der Waals surface area contributed by atoms with Gasteiger partial charge >= 0.3 is 0 Å². The van der Waals surface area contributed by atoms with Crippen LogP contribution >= 0.6 is 0 Å². The maximum atomic E-state index is 3.92. The molecule has 3 heteroatoms. The molecule has 66 heavy (non-hydrogen) atoms. The van der Waals surface area contributed by atoms with Crippen LogP contribution in [-0.4, -0.2) is 11.8 Å². The van der Waals surface area contributed by atoms with E-state index in [0.29, 0.717) is 0 Å². The molecule has 0 bridgehead atoms. The Kier molecular flexibility index (Phi) is 9.12. The summed E-state index contributed by atoms with van der Waals surface area (Å²) >= 11 is 0. The van der Waals surface area contributed by atoms with E-state index < -0.39 is 0 Å². The van der Waals surface area contributed by atoms with E-state index in [1.165, 1.54) is 136 Å². The molecule has 1 radical (unpaired) electrons. The number of nitrogens with zero attached hydrogens (tertiary/aromatic N) is 1. The van der Waals surface area contributed by atoms with Crippen LogP contribution in [0.25, 0.3) is 72.0 Å². The molecule has 1 aliphatic heterocycles. The van der Waals surface area contributed by atoms with E-state index in [-0.39, 0.29) is 16.2 Å². The number of aryl methyl sites for hydroxylation is 1. The normalized spacial score (nSPS) is 14.7. The lowest BCUT2D eigenvalue weighted by Gasteiger charge is -2.28. The van der Waals surface area contributed by atoms with Crippen molar-refractivity contribution in [2.24, 2.45) is 0 Å². The van der Waals surface area contributed by atoms with Crippen molar-refractivity contribution < 1.29 is 0 Å². The van der Waals surface area contributed by atoms with Gasteiger partial charge in [0.2, 0.25) is 0 Å².